The molecule has 0 aliphatic heterocycles. The number of unbranched alkanes of at least 4 members (excludes halogenated alkanes) is 13. The molecule has 0 aromatic heterocycles. The number of hydrogen-bond donors (Lipinski definition) is 2. The first kappa shape index (κ1) is 23.7. The highest BCUT2D eigenvalue weighted by Crippen LogP contribution is 2.14. The summed E-state index contributed by atoms with van der Waals surface area (Å²) < 4.78 is 0. The molecule has 4 N–H and O–H groups in total. The molecule has 0 aliphatic rings. The zero-order valence-electron chi connectivity index (χ0n) is 15.2. The Kier molecular flexibility index (Phi) is 19.9. The second-order valence-corrected chi connectivity index (χ2v) is 6.62. The summed E-state index contributed by atoms with van der Waals surface area (Å²) in [4.78, 5) is 10.7. The van der Waals surface area contributed by atoms with Crippen LogP contribution >= 0.6 is 0 Å². The number of hydrogen-bond acceptors (Lipinski definition) is 2. The van der Waals surface area contributed by atoms with E-state index in [1.807, 2.05) is 6.92 Å². The van der Waals surface area contributed by atoms with Crippen molar-refractivity contribution >= 4 is 5.97 Å². The summed E-state index contributed by atoms with van der Waals surface area (Å²) in [5.74, 6) is -0.813. The SMILES string of the molecule is CCCCCCCCCCCCCCCCC(C)C(=O)O.N. The van der Waals surface area contributed by atoms with Crippen molar-refractivity contribution in [3.63, 3.8) is 0 Å². The van der Waals surface area contributed by atoms with Crippen molar-refractivity contribution in [2.45, 2.75) is 110 Å². The molecule has 0 aromatic carbocycles. The van der Waals surface area contributed by atoms with Crippen LogP contribution in [-0.4, -0.2) is 11.1 Å². The summed E-state index contributed by atoms with van der Waals surface area (Å²) >= 11 is 0. The van der Waals surface area contributed by atoms with Crippen LogP contribution in [0, 0.1) is 5.92 Å². The van der Waals surface area contributed by atoms with Gasteiger partial charge in [0.1, 0.15) is 0 Å². The smallest absolute Gasteiger partial charge is 0.306 e. The molecule has 3 heteroatoms. The van der Waals surface area contributed by atoms with Gasteiger partial charge in [0.15, 0.2) is 0 Å². The summed E-state index contributed by atoms with van der Waals surface area (Å²) in [6.45, 7) is 4.08. The molecule has 0 radical (unpaired) electrons. The summed E-state index contributed by atoms with van der Waals surface area (Å²) in [5, 5.41) is 8.79. The maximum Gasteiger partial charge on any atom is 0.306 e. The predicted molar refractivity (Wildman–Crippen MR) is 96.8 cm³/mol. The van der Waals surface area contributed by atoms with E-state index >= 15 is 0 Å². The van der Waals surface area contributed by atoms with Crippen molar-refractivity contribution in [3.05, 3.63) is 0 Å². The Bertz CT molecular complexity index is 231. The molecule has 0 amide bonds. The molecule has 1 atom stereocenters. The van der Waals surface area contributed by atoms with Crippen LogP contribution in [0.15, 0.2) is 0 Å². The highest BCUT2D eigenvalue weighted by atomic mass is 16.4. The first-order valence-corrected chi connectivity index (χ1v) is 9.41. The lowest BCUT2D eigenvalue weighted by Crippen LogP contribution is -2.08. The van der Waals surface area contributed by atoms with E-state index in [0.29, 0.717) is 0 Å². The van der Waals surface area contributed by atoms with Crippen molar-refractivity contribution in [2.24, 2.45) is 5.92 Å². The van der Waals surface area contributed by atoms with Gasteiger partial charge in [-0.3, -0.25) is 4.79 Å². The van der Waals surface area contributed by atoms with Gasteiger partial charge in [-0.05, 0) is 6.42 Å². The third-order valence-electron chi connectivity index (χ3n) is 4.41. The van der Waals surface area contributed by atoms with Gasteiger partial charge in [-0.2, -0.15) is 0 Å². The van der Waals surface area contributed by atoms with E-state index in [-0.39, 0.29) is 12.1 Å². The zero-order valence-corrected chi connectivity index (χ0v) is 15.2. The minimum absolute atomic E-state index is 0. The minimum atomic E-state index is -0.648. The van der Waals surface area contributed by atoms with Gasteiger partial charge >= 0.3 is 5.97 Å². The van der Waals surface area contributed by atoms with Gasteiger partial charge in [0.25, 0.3) is 0 Å². The molecule has 3 nitrogen and oxygen atoms in total. The molecule has 0 saturated carbocycles. The Morgan fingerprint density at radius 2 is 1.05 bits per heavy atom. The van der Waals surface area contributed by atoms with Crippen LogP contribution in [0.4, 0.5) is 0 Å². The van der Waals surface area contributed by atoms with Crippen LogP contribution in [0.2, 0.25) is 0 Å². The van der Waals surface area contributed by atoms with Gasteiger partial charge in [0.2, 0.25) is 0 Å². The number of carboxylic acid groups (broad SMARTS) is 1. The van der Waals surface area contributed by atoms with E-state index in [9.17, 15) is 4.79 Å². The average Bonchev–Trinajstić information content (AvgIpc) is 2.47. The third-order valence-corrected chi connectivity index (χ3v) is 4.41. The number of carbonyl (C=O) groups is 1. The van der Waals surface area contributed by atoms with Crippen LogP contribution < -0.4 is 6.15 Å². The number of carboxylic acids is 1. The molecule has 0 rings (SSSR count). The summed E-state index contributed by atoms with van der Waals surface area (Å²) in [6.07, 6.45) is 19.8. The molecular formula is C19H41NO2. The topological polar surface area (TPSA) is 72.3 Å². The fraction of sp³-hybridized carbons (Fsp3) is 0.947. The molecular weight excluding hydrogens is 274 g/mol. The largest absolute Gasteiger partial charge is 0.481 e. The highest BCUT2D eigenvalue weighted by Gasteiger charge is 2.09. The first-order chi connectivity index (χ1) is 10.2. The van der Waals surface area contributed by atoms with Crippen LogP contribution in [0.1, 0.15) is 110 Å². The Labute approximate surface area is 138 Å². The fourth-order valence-electron chi connectivity index (χ4n) is 2.77. The Morgan fingerprint density at radius 1 is 0.727 bits per heavy atom. The van der Waals surface area contributed by atoms with Gasteiger partial charge < -0.3 is 11.3 Å². The maximum atomic E-state index is 10.7. The minimum Gasteiger partial charge on any atom is -0.481 e. The van der Waals surface area contributed by atoms with E-state index in [2.05, 4.69) is 6.92 Å². The normalized spacial score (nSPS) is 11.9. The monoisotopic (exact) mass is 315 g/mol. The second kappa shape index (κ2) is 18.5. The molecule has 0 bridgehead atoms. The lowest BCUT2D eigenvalue weighted by Gasteiger charge is -2.05. The van der Waals surface area contributed by atoms with Crippen LogP contribution in [0.25, 0.3) is 0 Å². The van der Waals surface area contributed by atoms with E-state index in [1.54, 1.807) is 0 Å². The molecule has 0 spiro atoms. The van der Waals surface area contributed by atoms with E-state index in [0.717, 1.165) is 12.8 Å². The second-order valence-electron chi connectivity index (χ2n) is 6.62. The summed E-state index contributed by atoms with van der Waals surface area (Å²) in [7, 11) is 0. The van der Waals surface area contributed by atoms with Crippen molar-refractivity contribution in [1.82, 2.24) is 6.15 Å². The third kappa shape index (κ3) is 17.5. The van der Waals surface area contributed by atoms with Crippen LogP contribution in [0.3, 0.4) is 0 Å². The highest BCUT2D eigenvalue weighted by molar-refractivity contribution is 5.69. The molecule has 0 saturated heterocycles. The molecule has 0 fully saturated rings. The molecule has 0 heterocycles. The standard InChI is InChI=1S/C19H38O2.H3N/c1-3-4-5-6-7-8-9-10-11-12-13-14-15-16-17-18(2)19(20)21;/h18H,3-17H2,1-2H3,(H,20,21);1H3. The Morgan fingerprint density at radius 3 is 1.36 bits per heavy atom. The van der Waals surface area contributed by atoms with Crippen molar-refractivity contribution in [1.29, 1.82) is 0 Å². The Balaban J connectivity index is 0. The first-order valence-electron chi connectivity index (χ1n) is 9.41. The molecule has 22 heavy (non-hydrogen) atoms. The molecule has 1 unspecified atom stereocenters. The lowest BCUT2D eigenvalue weighted by molar-refractivity contribution is -0.141. The van der Waals surface area contributed by atoms with Crippen LogP contribution in [-0.2, 0) is 4.79 Å². The maximum absolute atomic E-state index is 10.7. The predicted octanol–water partition coefficient (Wildman–Crippen LogP) is 6.74. The van der Waals surface area contributed by atoms with Crippen molar-refractivity contribution in [3.8, 4) is 0 Å². The molecule has 0 aromatic rings. The van der Waals surface area contributed by atoms with Gasteiger partial charge in [-0.25, -0.2) is 0 Å². The van der Waals surface area contributed by atoms with Gasteiger partial charge in [-0.15, -0.1) is 0 Å². The fourth-order valence-corrected chi connectivity index (χ4v) is 2.77. The van der Waals surface area contributed by atoms with E-state index < -0.39 is 5.97 Å². The molecule has 0 aliphatic carbocycles. The van der Waals surface area contributed by atoms with Gasteiger partial charge in [-0.1, -0.05) is 104 Å². The van der Waals surface area contributed by atoms with Gasteiger partial charge in [0, 0.05) is 0 Å². The lowest BCUT2D eigenvalue weighted by atomic mass is 10.0. The van der Waals surface area contributed by atoms with Crippen LogP contribution in [0.5, 0.6) is 0 Å². The van der Waals surface area contributed by atoms with E-state index in [4.69, 9.17) is 5.11 Å². The number of rotatable bonds is 16. The van der Waals surface area contributed by atoms with Gasteiger partial charge in [0.05, 0.1) is 5.92 Å². The average molecular weight is 316 g/mol. The quantitative estimate of drug-likeness (QED) is 0.310. The summed E-state index contributed by atoms with van der Waals surface area (Å²) in [5.41, 5.74) is 0. The van der Waals surface area contributed by atoms with Crippen molar-refractivity contribution < 1.29 is 9.90 Å². The zero-order chi connectivity index (χ0) is 15.8. The summed E-state index contributed by atoms with van der Waals surface area (Å²) in [6, 6.07) is 0. The number of aliphatic carboxylic acids is 1. The Hall–Kier alpha value is -0.570. The van der Waals surface area contributed by atoms with E-state index in [1.165, 1.54) is 83.5 Å². The van der Waals surface area contributed by atoms with Crippen molar-refractivity contribution in [2.75, 3.05) is 0 Å². The molecule has 134 valence electrons.